The number of carboxylic acid groups (broad SMARTS) is 1. The zero-order chi connectivity index (χ0) is 23.0. The van der Waals surface area contributed by atoms with E-state index in [0.717, 1.165) is 12.3 Å². The molecular formula is C23H18F3N3O3. The smallest absolute Gasteiger partial charge is 0.417 e. The Morgan fingerprint density at radius 2 is 1.69 bits per heavy atom. The Kier molecular flexibility index (Phi) is 5.33. The Labute approximate surface area is 180 Å². The Morgan fingerprint density at radius 1 is 1.00 bits per heavy atom. The second kappa shape index (κ2) is 7.99. The standard InChI is InChI=1S/C23H18F3N3O3/c1-13(2)32-17-6-4-16(5-7-17)29-20(22(30)31)10-14-9-19(28-12-21(14)29)18-8-3-15(11-27-18)23(24,25)26/h3-13H,1-2H3,(H,30,31). The number of rotatable bonds is 5. The van der Waals surface area contributed by atoms with E-state index >= 15 is 0 Å². The molecule has 1 aromatic carbocycles. The fraction of sp³-hybridized carbons (Fsp3) is 0.174. The Bertz CT molecular complexity index is 1280. The third-order valence-electron chi connectivity index (χ3n) is 4.73. The van der Waals surface area contributed by atoms with Gasteiger partial charge in [0.05, 0.1) is 34.8 Å². The van der Waals surface area contributed by atoms with Gasteiger partial charge in [-0.1, -0.05) is 0 Å². The molecule has 0 saturated heterocycles. The topological polar surface area (TPSA) is 77.2 Å². The zero-order valence-electron chi connectivity index (χ0n) is 17.1. The van der Waals surface area contributed by atoms with Gasteiger partial charge in [0, 0.05) is 17.3 Å². The summed E-state index contributed by atoms with van der Waals surface area (Å²) in [6.45, 7) is 3.81. The van der Waals surface area contributed by atoms with Crippen LogP contribution in [0.5, 0.6) is 5.75 Å². The lowest BCUT2D eigenvalue weighted by Gasteiger charge is -2.12. The summed E-state index contributed by atoms with van der Waals surface area (Å²) in [5, 5.41) is 10.3. The van der Waals surface area contributed by atoms with Crippen LogP contribution in [0.4, 0.5) is 13.2 Å². The van der Waals surface area contributed by atoms with Crippen molar-refractivity contribution in [3.8, 4) is 22.8 Å². The van der Waals surface area contributed by atoms with Gasteiger partial charge in [-0.05, 0) is 62.4 Å². The number of halogens is 3. The van der Waals surface area contributed by atoms with Crippen LogP contribution in [-0.4, -0.2) is 31.7 Å². The maximum atomic E-state index is 12.8. The average Bonchev–Trinajstić information content (AvgIpc) is 3.12. The predicted octanol–water partition coefficient (Wildman–Crippen LogP) is 5.59. The molecule has 0 spiro atoms. The van der Waals surface area contributed by atoms with Gasteiger partial charge in [-0.25, -0.2) is 4.79 Å². The SMILES string of the molecule is CC(C)Oc1ccc(-n2c(C(=O)O)cc3cc(-c4ccc(C(F)(F)F)cn4)ncc32)cc1. The van der Waals surface area contributed by atoms with Crippen LogP contribution >= 0.6 is 0 Å². The van der Waals surface area contributed by atoms with Crippen molar-refractivity contribution in [3.05, 3.63) is 72.2 Å². The van der Waals surface area contributed by atoms with E-state index in [1.54, 1.807) is 34.9 Å². The number of aromatic nitrogens is 3. The molecule has 0 aliphatic carbocycles. The lowest BCUT2D eigenvalue weighted by molar-refractivity contribution is -0.137. The number of ether oxygens (including phenoxy) is 1. The highest BCUT2D eigenvalue weighted by molar-refractivity contribution is 5.96. The Hall–Kier alpha value is -3.88. The molecule has 6 nitrogen and oxygen atoms in total. The molecule has 164 valence electrons. The lowest BCUT2D eigenvalue weighted by Crippen LogP contribution is -2.07. The van der Waals surface area contributed by atoms with E-state index in [1.807, 2.05) is 13.8 Å². The molecule has 0 fully saturated rings. The van der Waals surface area contributed by atoms with E-state index in [-0.39, 0.29) is 17.5 Å². The van der Waals surface area contributed by atoms with Crippen molar-refractivity contribution in [2.75, 3.05) is 0 Å². The van der Waals surface area contributed by atoms with Gasteiger partial charge in [-0.15, -0.1) is 0 Å². The van der Waals surface area contributed by atoms with E-state index in [4.69, 9.17) is 4.74 Å². The number of hydrogen-bond acceptors (Lipinski definition) is 4. The van der Waals surface area contributed by atoms with Crippen molar-refractivity contribution in [1.82, 2.24) is 14.5 Å². The molecule has 0 amide bonds. The summed E-state index contributed by atoms with van der Waals surface area (Å²) in [4.78, 5) is 20.0. The van der Waals surface area contributed by atoms with Crippen LogP contribution in [0.1, 0.15) is 29.9 Å². The van der Waals surface area contributed by atoms with E-state index in [2.05, 4.69) is 9.97 Å². The van der Waals surface area contributed by atoms with Crippen LogP contribution in [0.2, 0.25) is 0 Å². The fourth-order valence-corrected chi connectivity index (χ4v) is 3.34. The second-order valence-electron chi connectivity index (χ2n) is 7.39. The second-order valence-corrected chi connectivity index (χ2v) is 7.39. The van der Waals surface area contributed by atoms with Crippen LogP contribution in [0, 0.1) is 0 Å². The number of pyridine rings is 2. The van der Waals surface area contributed by atoms with Gasteiger partial charge in [-0.2, -0.15) is 13.2 Å². The van der Waals surface area contributed by atoms with E-state index in [9.17, 15) is 23.1 Å². The van der Waals surface area contributed by atoms with Crippen LogP contribution in [0.3, 0.4) is 0 Å². The highest BCUT2D eigenvalue weighted by atomic mass is 19.4. The van der Waals surface area contributed by atoms with Gasteiger partial charge in [0.25, 0.3) is 0 Å². The van der Waals surface area contributed by atoms with Crippen molar-refractivity contribution in [2.24, 2.45) is 0 Å². The molecule has 3 heterocycles. The molecule has 0 radical (unpaired) electrons. The van der Waals surface area contributed by atoms with Crippen molar-refractivity contribution in [3.63, 3.8) is 0 Å². The third-order valence-corrected chi connectivity index (χ3v) is 4.73. The third kappa shape index (κ3) is 4.14. The van der Waals surface area contributed by atoms with Crippen molar-refractivity contribution < 1.29 is 27.8 Å². The molecule has 4 aromatic rings. The highest BCUT2D eigenvalue weighted by Gasteiger charge is 2.30. The first kappa shape index (κ1) is 21.4. The summed E-state index contributed by atoms with van der Waals surface area (Å²) >= 11 is 0. The van der Waals surface area contributed by atoms with E-state index in [0.29, 0.717) is 28.0 Å². The Morgan fingerprint density at radius 3 is 2.25 bits per heavy atom. The minimum Gasteiger partial charge on any atom is -0.491 e. The van der Waals surface area contributed by atoms with Crippen molar-refractivity contribution in [2.45, 2.75) is 26.1 Å². The molecule has 0 bridgehead atoms. The summed E-state index contributed by atoms with van der Waals surface area (Å²) in [6, 6.07) is 12.3. The summed E-state index contributed by atoms with van der Waals surface area (Å²) in [5.41, 5.74) is 0.899. The lowest BCUT2D eigenvalue weighted by atomic mass is 10.2. The predicted molar refractivity (Wildman–Crippen MR) is 112 cm³/mol. The van der Waals surface area contributed by atoms with Crippen molar-refractivity contribution in [1.29, 1.82) is 0 Å². The van der Waals surface area contributed by atoms with Crippen LogP contribution in [-0.2, 0) is 6.18 Å². The molecule has 4 rings (SSSR count). The number of fused-ring (bicyclic) bond motifs is 1. The number of benzene rings is 1. The molecule has 32 heavy (non-hydrogen) atoms. The maximum Gasteiger partial charge on any atom is 0.417 e. The van der Waals surface area contributed by atoms with Crippen molar-refractivity contribution >= 4 is 16.9 Å². The molecule has 0 aliphatic heterocycles. The number of hydrogen-bond donors (Lipinski definition) is 1. The zero-order valence-corrected chi connectivity index (χ0v) is 17.1. The summed E-state index contributed by atoms with van der Waals surface area (Å²) in [6.07, 6.45) is -2.25. The quantitative estimate of drug-likeness (QED) is 0.437. The maximum absolute atomic E-state index is 12.8. The fourth-order valence-electron chi connectivity index (χ4n) is 3.34. The number of carbonyl (C=O) groups is 1. The van der Waals surface area contributed by atoms with Crippen LogP contribution < -0.4 is 4.74 Å². The molecule has 1 N–H and O–H groups in total. The van der Waals surface area contributed by atoms with Crippen LogP contribution in [0.25, 0.3) is 28.0 Å². The summed E-state index contributed by atoms with van der Waals surface area (Å²) in [5.74, 6) is -0.469. The van der Waals surface area contributed by atoms with Gasteiger partial charge in [-0.3, -0.25) is 9.97 Å². The van der Waals surface area contributed by atoms with Gasteiger partial charge < -0.3 is 14.4 Å². The van der Waals surface area contributed by atoms with Gasteiger partial charge in [0.2, 0.25) is 0 Å². The van der Waals surface area contributed by atoms with Crippen LogP contribution in [0.15, 0.2) is 60.9 Å². The monoisotopic (exact) mass is 441 g/mol. The minimum absolute atomic E-state index is 0.00395. The first-order valence-electron chi connectivity index (χ1n) is 9.69. The average molecular weight is 441 g/mol. The summed E-state index contributed by atoms with van der Waals surface area (Å²) < 4.78 is 45.5. The largest absolute Gasteiger partial charge is 0.491 e. The molecule has 9 heteroatoms. The first-order chi connectivity index (χ1) is 15.1. The first-order valence-corrected chi connectivity index (χ1v) is 9.69. The normalized spacial score (nSPS) is 11.8. The highest BCUT2D eigenvalue weighted by Crippen LogP contribution is 2.31. The van der Waals surface area contributed by atoms with Gasteiger partial charge in [0.15, 0.2) is 0 Å². The van der Waals surface area contributed by atoms with E-state index in [1.165, 1.54) is 18.3 Å². The molecule has 3 aromatic heterocycles. The Balaban J connectivity index is 1.76. The van der Waals surface area contributed by atoms with E-state index < -0.39 is 17.7 Å². The number of nitrogens with zero attached hydrogens (tertiary/aromatic N) is 3. The molecule has 0 aliphatic rings. The summed E-state index contributed by atoms with van der Waals surface area (Å²) in [7, 11) is 0. The van der Waals surface area contributed by atoms with Gasteiger partial charge in [0.1, 0.15) is 11.4 Å². The molecule has 0 unspecified atom stereocenters. The van der Waals surface area contributed by atoms with Gasteiger partial charge >= 0.3 is 12.1 Å². The number of aromatic carboxylic acids is 1. The number of alkyl halides is 3. The molecule has 0 atom stereocenters. The molecule has 0 saturated carbocycles. The molecular weight excluding hydrogens is 423 g/mol. The minimum atomic E-state index is -4.48. The number of carboxylic acids is 1.